The molecule has 2 atom stereocenters. The highest BCUT2D eigenvalue weighted by Crippen LogP contribution is 2.27. The van der Waals surface area contributed by atoms with Gasteiger partial charge in [0.2, 0.25) is 0 Å². The lowest BCUT2D eigenvalue weighted by atomic mass is 10.2. The second-order valence-electron chi connectivity index (χ2n) is 6.58. The molecule has 0 aliphatic carbocycles. The number of amides is 1. The van der Waals surface area contributed by atoms with Gasteiger partial charge in [0.15, 0.2) is 24.2 Å². The number of hydrogen-bond donors (Lipinski definition) is 1. The second-order valence-corrected chi connectivity index (χ2v) is 6.58. The molecule has 1 amide bonds. The van der Waals surface area contributed by atoms with Gasteiger partial charge in [0.1, 0.15) is 6.61 Å². The van der Waals surface area contributed by atoms with Crippen LogP contribution in [0.3, 0.4) is 0 Å². The number of carboxylic acids is 1. The van der Waals surface area contributed by atoms with Gasteiger partial charge < -0.3 is 24.2 Å². The fourth-order valence-corrected chi connectivity index (χ4v) is 2.95. The third kappa shape index (κ3) is 5.23. The Morgan fingerprint density at radius 3 is 2.36 bits per heavy atom. The average Bonchev–Trinajstić information content (AvgIpc) is 2.71. The molecule has 28 heavy (non-hydrogen) atoms. The van der Waals surface area contributed by atoms with Gasteiger partial charge >= 0.3 is 5.97 Å². The molecule has 0 saturated carbocycles. The number of para-hydroxylation sites is 2. The van der Waals surface area contributed by atoms with Gasteiger partial charge in [-0.05, 0) is 24.6 Å². The number of rotatable bonds is 7. The van der Waals surface area contributed by atoms with Crippen LogP contribution in [0.5, 0.6) is 11.5 Å². The quantitative estimate of drug-likeness (QED) is 0.788. The van der Waals surface area contributed by atoms with Crippen molar-refractivity contribution >= 4 is 11.9 Å². The van der Waals surface area contributed by atoms with Gasteiger partial charge in [0, 0.05) is 6.54 Å². The lowest BCUT2D eigenvalue weighted by Gasteiger charge is -2.34. The zero-order chi connectivity index (χ0) is 19.9. The molecule has 2 aromatic carbocycles. The van der Waals surface area contributed by atoms with Crippen LogP contribution in [0, 0.1) is 0 Å². The number of ether oxygens (including phenoxy) is 3. The van der Waals surface area contributed by atoms with Gasteiger partial charge in [-0.3, -0.25) is 4.79 Å². The SMILES string of the molecule is C[C@@H]1CN(C(=O)COc2ccccc2OCc2ccccc2)CC(C(=O)O)O1. The Morgan fingerprint density at radius 1 is 1.04 bits per heavy atom. The van der Waals surface area contributed by atoms with Crippen LogP contribution < -0.4 is 9.47 Å². The highest BCUT2D eigenvalue weighted by molar-refractivity contribution is 5.80. The topological polar surface area (TPSA) is 85.3 Å². The van der Waals surface area contributed by atoms with E-state index >= 15 is 0 Å². The first-order valence-electron chi connectivity index (χ1n) is 9.07. The normalized spacial score (nSPS) is 19.1. The van der Waals surface area contributed by atoms with E-state index in [9.17, 15) is 9.59 Å². The van der Waals surface area contributed by atoms with Crippen molar-refractivity contribution in [1.29, 1.82) is 0 Å². The van der Waals surface area contributed by atoms with E-state index in [0.717, 1.165) is 5.56 Å². The maximum absolute atomic E-state index is 12.5. The number of nitrogens with zero attached hydrogens (tertiary/aromatic N) is 1. The number of aliphatic carboxylic acids is 1. The number of carbonyl (C=O) groups excluding carboxylic acids is 1. The van der Waals surface area contributed by atoms with Gasteiger partial charge in [0.05, 0.1) is 12.6 Å². The van der Waals surface area contributed by atoms with Gasteiger partial charge in [-0.25, -0.2) is 4.79 Å². The van der Waals surface area contributed by atoms with Crippen molar-refractivity contribution < 1.29 is 28.9 Å². The summed E-state index contributed by atoms with van der Waals surface area (Å²) < 4.78 is 16.8. The van der Waals surface area contributed by atoms with Crippen LogP contribution in [-0.2, 0) is 20.9 Å². The molecule has 148 valence electrons. The van der Waals surface area contributed by atoms with Crippen molar-refractivity contribution in [2.45, 2.75) is 25.7 Å². The molecule has 1 unspecified atom stereocenters. The molecule has 3 rings (SSSR count). The molecular formula is C21H23NO6. The van der Waals surface area contributed by atoms with Crippen LogP contribution in [0.1, 0.15) is 12.5 Å². The predicted octanol–water partition coefficient (Wildman–Crippen LogP) is 2.34. The maximum atomic E-state index is 12.5. The van der Waals surface area contributed by atoms with Crippen LogP contribution in [0.2, 0.25) is 0 Å². The van der Waals surface area contributed by atoms with Crippen molar-refractivity contribution in [3.8, 4) is 11.5 Å². The lowest BCUT2D eigenvalue weighted by Crippen LogP contribution is -2.52. The van der Waals surface area contributed by atoms with Gasteiger partial charge in [-0.2, -0.15) is 0 Å². The number of hydrogen-bond acceptors (Lipinski definition) is 5. The monoisotopic (exact) mass is 385 g/mol. The number of carbonyl (C=O) groups is 2. The second kappa shape index (κ2) is 9.23. The summed E-state index contributed by atoms with van der Waals surface area (Å²) in [4.78, 5) is 25.1. The van der Waals surface area contributed by atoms with Crippen LogP contribution in [0.4, 0.5) is 0 Å². The summed E-state index contributed by atoms with van der Waals surface area (Å²) in [5.41, 5.74) is 1.02. The molecular weight excluding hydrogens is 362 g/mol. The van der Waals surface area contributed by atoms with Crippen LogP contribution in [0.15, 0.2) is 54.6 Å². The van der Waals surface area contributed by atoms with E-state index in [-0.39, 0.29) is 25.2 Å². The Kier molecular flexibility index (Phi) is 6.49. The Morgan fingerprint density at radius 2 is 1.68 bits per heavy atom. The predicted molar refractivity (Wildman–Crippen MR) is 101 cm³/mol. The fraction of sp³-hybridized carbons (Fsp3) is 0.333. The van der Waals surface area contributed by atoms with Crippen LogP contribution in [0.25, 0.3) is 0 Å². The van der Waals surface area contributed by atoms with E-state index in [1.54, 1.807) is 25.1 Å². The summed E-state index contributed by atoms with van der Waals surface area (Å²) in [6, 6.07) is 16.9. The van der Waals surface area contributed by atoms with Crippen molar-refractivity contribution in [1.82, 2.24) is 4.90 Å². The first kappa shape index (κ1) is 19.7. The van der Waals surface area contributed by atoms with Crippen LogP contribution >= 0.6 is 0 Å². The minimum Gasteiger partial charge on any atom is -0.485 e. The zero-order valence-electron chi connectivity index (χ0n) is 15.6. The molecule has 0 bridgehead atoms. The molecule has 7 nitrogen and oxygen atoms in total. The standard InChI is InChI=1S/C21H23NO6/c1-15-11-22(12-19(28-15)21(24)25)20(23)14-27-18-10-6-5-9-17(18)26-13-16-7-3-2-4-8-16/h2-10,15,19H,11-14H2,1H3,(H,24,25)/t15-,19?/m1/s1. The highest BCUT2D eigenvalue weighted by Gasteiger charge is 2.32. The maximum Gasteiger partial charge on any atom is 0.334 e. The Labute approximate surface area is 163 Å². The number of morpholine rings is 1. The molecule has 0 radical (unpaired) electrons. The first-order valence-corrected chi connectivity index (χ1v) is 9.07. The van der Waals surface area contributed by atoms with E-state index in [1.807, 2.05) is 36.4 Å². The summed E-state index contributed by atoms with van der Waals surface area (Å²) >= 11 is 0. The molecule has 1 fully saturated rings. The summed E-state index contributed by atoms with van der Waals surface area (Å²) in [5, 5.41) is 9.14. The Hall–Kier alpha value is -3.06. The Balaban J connectivity index is 1.58. The molecule has 1 aliphatic heterocycles. The molecule has 0 aromatic heterocycles. The van der Waals surface area contributed by atoms with Crippen molar-refractivity contribution in [3.63, 3.8) is 0 Å². The van der Waals surface area contributed by atoms with E-state index in [1.165, 1.54) is 4.90 Å². The number of carboxylic acid groups (broad SMARTS) is 1. The summed E-state index contributed by atoms with van der Waals surface area (Å²) in [6.45, 7) is 2.26. The summed E-state index contributed by atoms with van der Waals surface area (Å²) in [5.74, 6) is -0.370. The third-order valence-corrected chi connectivity index (χ3v) is 4.33. The number of benzene rings is 2. The first-order chi connectivity index (χ1) is 13.5. The van der Waals surface area contributed by atoms with Crippen LogP contribution in [-0.4, -0.2) is 53.8 Å². The minimum absolute atomic E-state index is 0.00796. The average molecular weight is 385 g/mol. The summed E-state index contributed by atoms with van der Waals surface area (Å²) in [7, 11) is 0. The fourth-order valence-electron chi connectivity index (χ4n) is 2.95. The molecule has 1 heterocycles. The third-order valence-electron chi connectivity index (χ3n) is 4.33. The molecule has 1 saturated heterocycles. The molecule has 0 spiro atoms. The smallest absolute Gasteiger partial charge is 0.334 e. The summed E-state index contributed by atoms with van der Waals surface area (Å²) in [6.07, 6.45) is -1.37. The van der Waals surface area contributed by atoms with Crippen molar-refractivity contribution in [2.24, 2.45) is 0 Å². The van der Waals surface area contributed by atoms with E-state index in [2.05, 4.69) is 0 Å². The Bertz CT molecular complexity index is 810. The molecule has 1 aliphatic rings. The van der Waals surface area contributed by atoms with Crippen molar-refractivity contribution in [2.75, 3.05) is 19.7 Å². The van der Waals surface area contributed by atoms with E-state index in [0.29, 0.717) is 24.7 Å². The molecule has 2 aromatic rings. The molecule has 7 heteroatoms. The van der Waals surface area contributed by atoms with E-state index in [4.69, 9.17) is 19.3 Å². The van der Waals surface area contributed by atoms with Crippen molar-refractivity contribution in [3.05, 3.63) is 60.2 Å². The largest absolute Gasteiger partial charge is 0.485 e. The van der Waals surface area contributed by atoms with E-state index < -0.39 is 12.1 Å². The van der Waals surface area contributed by atoms with Gasteiger partial charge in [-0.1, -0.05) is 42.5 Å². The minimum atomic E-state index is -1.08. The molecule has 1 N–H and O–H groups in total. The van der Waals surface area contributed by atoms with Gasteiger partial charge in [0.25, 0.3) is 5.91 Å². The van der Waals surface area contributed by atoms with Gasteiger partial charge in [-0.15, -0.1) is 0 Å². The zero-order valence-corrected chi connectivity index (χ0v) is 15.6. The highest BCUT2D eigenvalue weighted by atomic mass is 16.5. The lowest BCUT2D eigenvalue weighted by molar-refractivity contribution is -0.167.